The third-order valence-electron chi connectivity index (χ3n) is 4.60. The molecule has 4 rings (SSSR count). The van der Waals surface area contributed by atoms with Crippen LogP contribution in [-0.4, -0.2) is 51.3 Å². The second kappa shape index (κ2) is 7.92. The van der Waals surface area contributed by atoms with Crippen LogP contribution in [0.5, 0.6) is 0 Å². The molecule has 0 saturated carbocycles. The SMILES string of the molecule is COCCc1nsc(N2CCCC(c3nc(-c4ccccc4)n[nH]3)C2)n1. The lowest BCUT2D eigenvalue weighted by Gasteiger charge is -2.31. The number of nitrogens with one attached hydrogen (secondary N) is 1. The minimum Gasteiger partial charge on any atom is -0.384 e. The van der Waals surface area contributed by atoms with Gasteiger partial charge in [0.1, 0.15) is 11.6 Å². The van der Waals surface area contributed by atoms with E-state index in [1.54, 1.807) is 7.11 Å². The van der Waals surface area contributed by atoms with Crippen molar-refractivity contribution in [1.29, 1.82) is 0 Å². The van der Waals surface area contributed by atoms with E-state index >= 15 is 0 Å². The maximum absolute atomic E-state index is 5.11. The third kappa shape index (κ3) is 3.76. The highest BCUT2D eigenvalue weighted by Crippen LogP contribution is 2.30. The molecule has 3 aromatic rings. The maximum Gasteiger partial charge on any atom is 0.205 e. The molecule has 136 valence electrons. The molecule has 8 heteroatoms. The van der Waals surface area contributed by atoms with E-state index in [2.05, 4.69) is 24.5 Å². The lowest BCUT2D eigenvalue weighted by atomic mass is 9.98. The van der Waals surface area contributed by atoms with Gasteiger partial charge in [0.05, 0.1) is 6.61 Å². The largest absolute Gasteiger partial charge is 0.384 e. The number of anilines is 1. The van der Waals surface area contributed by atoms with Crippen LogP contribution in [0.2, 0.25) is 0 Å². The molecule has 2 aromatic heterocycles. The molecule has 1 fully saturated rings. The first kappa shape index (κ1) is 17.1. The molecule has 0 radical (unpaired) electrons. The van der Waals surface area contributed by atoms with E-state index in [0.29, 0.717) is 12.5 Å². The molecule has 1 aliphatic rings. The van der Waals surface area contributed by atoms with Gasteiger partial charge in [-0.15, -0.1) is 0 Å². The summed E-state index contributed by atoms with van der Waals surface area (Å²) in [6.45, 7) is 2.55. The number of benzene rings is 1. The van der Waals surface area contributed by atoms with Gasteiger partial charge in [0.25, 0.3) is 0 Å². The molecule has 1 aromatic carbocycles. The number of aromatic nitrogens is 5. The molecule has 3 heterocycles. The van der Waals surface area contributed by atoms with Crippen molar-refractivity contribution < 1.29 is 4.74 Å². The van der Waals surface area contributed by atoms with Crippen LogP contribution in [0.3, 0.4) is 0 Å². The summed E-state index contributed by atoms with van der Waals surface area (Å²) in [7, 11) is 1.70. The van der Waals surface area contributed by atoms with Crippen LogP contribution in [0.1, 0.15) is 30.4 Å². The fourth-order valence-corrected chi connectivity index (χ4v) is 3.96. The Morgan fingerprint density at radius 1 is 1.27 bits per heavy atom. The number of methoxy groups -OCH3 is 1. The minimum atomic E-state index is 0.333. The van der Waals surface area contributed by atoms with Crippen LogP contribution in [0.15, 0.2) is 30.3 Å². The summed E-state index contributed by atoms with van der Waals surface area (Å²) in [6, 6.07) is 10.1. The number of ether oxygens (including phenoxy) is 1. The Morgan fingerprint density at radius 3 is 3.00 bits per heavy atom. The second-order valence-corrected chi connectivity index (χ2v) is 7.16. The van der Waals surface area contributed by atoms with Gasteiger partial charge in [-0.3, -0.25) is 5.10 Å². The van der Waals surface area contributed by atoms with Crippen molar-refractivity contribution in [3.63, 3.8) is 0 Å². The first-order chi connectivity index (χ1) is 12.8. The molecule has 1 aliphatic heterocycles. The van der Waals surface area contributed by atoms with Crippen LogP contribution in [0, 0.1) is 0 Å². The van der Waals surface area contributed by atoms with Gasteiger partial charge < -0.3 is 9.64 Å². The lowest BCUT2D eigenvalue weighted by molar-refractivity contribution is 0.201. The predicted molar refractivity (Wildman–Crippen MR) is 101 cm³/mol. The Morgan fingerprint density at radius 2 is 2.15 bits per heavy atom. The molecule has 0 amide bonds. The average molecular weight is 370 g/mol. The van der Waals surface area contributed by atoms with Gasteiger partial charge in [-0.05, 0) is 12.8 Å². The number of piperidine rings is 1. The Balaban J connectivity index is 1.45. The number of H-pyrrole nitrogens is 1. The molecule has 1 saturated heterocycles. The normalized spacial score (nSPS) is 17.6. The number of aromatic amines is 1. The summed E-state index contributed by atoms with van der Waals surface area (Å²) in [6.07, 6.45) is 2.97. The van der Waals surface area contributed by atoms with E-state index in [-0.39, 0.29) is 0 Å². The summed E-state index contributed by atoms with van der Waals surface area (Å²) >= 11 is 1.47. The van der Waals surface area contributed by atoms with Crippen molar-refractivity contribution in [3.8, 4) is 11.4 Å². The van der Waals surface area contributed by atoms with Crippen LogP contribution >= 0.6 is 11.5 Å². The summed E-state index contributed by atoms with van der Waals surface area (Å²) < 4.78 is 9.55. The topological polar surface area (TPSA) is 79.8 Å². The van der Waals surface area contributed by atoms with E-state index in [1.807, 2.05) is 30.3 Å². The summed E-state index contributed by atoms with van der Waals surface area (Å²) in [5.74, 6) is 2.91. The molecule has 7 nitrogen and oxygen atoms in total. The smallest absolute Gasteiger partial charge is 0.205 e. The van der Waals surface area contributed by atoms with Gasteiger partial charge in [-0.2, -0.15) is 9.47 Å². The van der Waals surface area contributed by atoms with Gasteiger partial charge in [-0.1, -0.05) is 30.3 Å². The highest BCUT2D eigenvalue weighted by molar-refractivity contribution is 7.09. The first-order valence-electron chi connectivity index (χ1n) is 8.87. The summed E-state index contributed by atoms with van der Waals surface area (Å²) in [5, 5.41) is 8.53. The zero-order valence-corrected chi connectivity index (χ0v) is 15.6. The van der Waals surface area contributed by atoms with Gasteiger partial charge in [-0.25, -0.2) is 9.97 Å². The van der Waals surface area contributed by atoms with E-state index in [4.69, 9.17) is 9.72 Å². The van der Waals surface area contributed by atoms with Crippen molar-refractivity contribution in [1.82, 2.24) is 24.5 Å². The standard InChI is InChI=1S/C18H22N6OS/c1-25-11-9-15-19-18(26-23-15)24-10-5-8-14(12-24)17-20-16(21-22-17)13-6-3-2-4-7-13/h2-4,6-7,14H,5,8-12H2,1H3,(H,20,21,22). The highest BCUT2D eigenvalue weighted by atomic mass is 32.1. The maximum atomic E-state index is 5.11. The van der Waals surface area contributed by atoms with Crippen molar-refractivity contribution in [3.05, 3.63) is 42.0 Å². The van der Waals surface area contributed by atoms with Crippen LogP contribution in [0.4, 0.5) is 5.13 Å². The van der Waals surface area contributed by atoms with Crippen LogP contribution < -0.4 is 4.90 Å². The van der Waals surface area contributed by atoms with Gasteiger partial charge in [0.15, 0.2) is 5.82 Å². The highest BCUT2D eigenvalue weighted by Gasteiger charge is 2.26. The number of nitrogens with zero attached hydrogens (tertiary/aromatic N) is 5. The van der Waals surface area contributed by atoms with Crippen LogP contribution in [-0.2, 0) is 11.2 Å². The van der Waals surface area contributed by atoms with Crippen LogP contribution in [0.25, 0.3) is 11.4 Å². The Labute approximate surface area is 156 Å². The third-order valence-corrected chi connectivity index (χ3v) is 5.42. The molecule has 0 aliphatic carbocycles. The second-order valence-electron chi connectivity index (χ2n) is 6.43. The summed E-state index contributed by atoms with van der Waals surface area (Å²) in [5.41, 5.74) is 1.04. The van der Waals surface area contributed by atoms with E-state index in [1.165, 1.54) is 11.5 Å². The molecule has 26 heavy (non-hydrogen) atoms. The van der Waals surface area contributed by atoms with Gasteiger partial charge in [0.2, 0.25) is 5.13 Å². The quantitative estimate of drug-likeness (QED) is 0.719. The minimum absolute atomic E-state index is 0.333. The Bertz CT molecular complexity index is 833. The molecule has 0 spiro atoms. The lowest BCUT2D eigenvalue weighted by Crippen LogP contribution is -2.34. The van der Waals surface area contributed by atoms with Gasteiger partial charge in [0, 0.05) is 49.6 Å². The monoisotopic (exact) mass is 370 g/mol. The predicted octanol–water partition coefficient (Wildman–Crippen LogP) is 2.90. The molecule has 1 unspecified atom stereocenters. The van der Waals surface area contributed by atoms with Crippen molar-refractivity contribution in [2.24, 2.45) is 0 Å². The van der Waals surface area contributed by atoms with E-state index in [9.17, 15) is 0 Å². The van der Waals surface area contributed by atoms with E-state index in [0.717, 1.165) is 60.5 Å². The number of hydrogen-bond donors (Lipinski definition) is 1. The summed E-state index contributed by atoms with van der Waals surface area (Å²) in [4.78, 5) is 11.7. The molecule has 1 N–H and O–H groups in total. The van der Waals surface area contributed by atoms with Gasteiger partial charge >= 0.3 is 0 Å². The zero-order valence-electron chi connectivity index (χ0n) is 14.8. The fourth-order valence-electron chi connectivity index (χ4n) is 3.22. The molecule has 1 atom stereocenters. The number of hydrogen-bond acceptors (Lipinski definition) is 7. The molecular formula is C18H22N6OS. The Kier molecular flexibility index (Phi) is 5.21. The average Bonchev–Trinajstić information content (AvgIpc) is 3.37. The molecule has 0 bridgehead atoms. The Hall–Kier alpha value is -2.32. The van der Waals surface area contributed by atoms with Crippen molar-refractivity contribution in [2.45, 2.75) is 25.2 Å². The fraction of sp³-hybridized carbons (Fsp3) is 0.444. The number of rotatable bonds is 6. The first-order valence-corrected chi connectivity index (χ1v) is 9.65. The molecular weight excluding hydrogens is 348 g/mol. The van der Waals surface area contributed by atoms with Crippen molar-refractivity contribution >= 4 is 16.7 Å². The van der Waals surface area contributed by atoms with Crippen molar-refractivity contribution in [2.75, 3.05) is 31.7 Å². The zero-order chi connectivity index (χ0) is 17.8. The van der Waals surface area contributed by atoms with E-state index < -0.39 is 0 Å².